The summed E-state index contributed by atoms with van der Waals surface area (Å²) in [5.74, 6) is -4.43. The van der Waals surface area contributed by atoms with Crippen molar-refractivity contribution in [3.05, 3.63) is 172 Å². The van der Waals surface area contributed by atoms with Gasteiger partial charge in [-0.15, -0.1) is 0 Å². The van der Waals surface area contributed by atoms with Gasteiger partial charge in [0.05, 0.1) is 17.2 Å². The van der Waals surface area contributed by atoms with Crippen molar-refractivity contribution in [2.24, 2.45) is 0 Å². The Morgan fingerprint density at radius 1 is 0.622 bits per heavy atom. The van der Waals surface area contributed by atoms with Gasteiger partial charge in [-0.25, -0.2) is 9.19 Å². The van der Waals surface area contributed by atoms with Crippen LogP contribution < -0.4 is 36.4 Å². The number of rotatable bonds is 25. The zero-order valence-corrected chi connectivity index (χ0v) is 44.3. The Bertz CT molecular complexity index is 3430. The predicted octanol–water partition coefficient (Wildman–Crippen LogP) is 1.38. The molecule has 82 heavy (non-hydrogen) atoms. The maximum Gasteiger partial charge on any atom is 0.524 e. The van der Waals surface area contributed by atoms with E-state index in [9.17, 15) is 68.9 Å². The molecule has 27 heteroatoms. The first-order valence-corrected chi connectivity index (χ1v) is 27.2. The standard InChI is InChI=1S/C55H58N9O17P/c65-30-44-49(67)50(68)48(55(73)79-44)61-54(72)42(28-33-16-19-37(20-17-33)80-82(76,77)78)60-53(71)41(27-32-11-5-2-6-12-32)59-52(70)40(26-31-9-3-1-4-10-31)58-51(69)39(29-34-15-18-35-13-7-8-14-36(35)25-34)57-45(66)23-24-56-38-21-22-43(64(74)75)47-46(38)62-81-63-47/h1-22,25,39-42,44,48-50,55-56,65,67-68,73H,23-24,26-30H2,(H,57,66)(H,58,69)(H,59,70)(H,60,71)(H,61,72)(H2,76,77,78)/t39?,40?,41?,42?,44-,48?,49?,50+,55+/m0/s1. The summed E-state index contributed by atoms with van der Waals surface area (Å²) in [5.41, 5.74) is 2.02. The number of aromatic nitrogens is 2. The molecular weight excluding hydrogens is 1090 g/mol. The minimum absolute atomic E-state index is 0.0317. The molecule has 1 aliphatic heterocycles. The lowest BCUT2D eigenvalue weighted by Crippen LogP contribution is -2.66. The number of amides is 5. The number of carbonyl (C=O) groups is 5. The Morgan fingerprint density at radius 2 is 1.13 bits per heavy atom. The van der Waals surface area contributed by atoms with Crippen molar-refractivity contribution in [3.8, 4) is 5.75 Å². The maximum atomic E-state index is 14.9. The number of hydrogen-bond donors (Lipinski definition) is 12. The molecule has 1 fully saturated rings. The molecule has 7 aromatic rings. The third-order valence-electron chi connectivity index (χ3n) is 13.4. The average molecular weight is 1150 g/mol. The summed E-state index contributed by atoms with van der Waals surface area (Å²) in [6, 6.07) is 30.4. The highest BCUT2D eigenvalue weighted by atomic mass is 31.2. The first-order valence-electron chi connectivity index (χ1n) is 25.7. The number of anilines is 1. The number of benzene rings is 6. The Labute approximate surface area is 466 Å². The second kappa shape index (κ2) is 27.2. The van der Waals surface area contributed by atoms with Crippen LogP contribution in [-0.2, 0) is 59.0 Å². The SMILES string of the molecule is O=C(CCNc1ccc([N+](=O)[O-])c2nonc12)NC(Cc1ccc2ccccc2c1)C(=O)NC(Cc1ccccc1)C(=O)NC(Cc1ccccc1)C(=O)NC(Cc1ccc(OP(=O)(O)O)cc1)C(=O)NC1[C@@H](O)C(O)[C@H](CO)O[C@H]1O. The van der Waals surface area contributed by atoms with Crippen molar-refractivity contribution in [1.29, 1.82) is 0 Å². The molecule has 26 nitrogen and oxygen atoms in total. The molecule has 0 radical (unpaired) electrons. The van der Waals surface area contributed by atoms with Gasteiger partial charge in [-0.05, 0) is 61.5 Å². The van der Waals surface area contributed by atoms with Gasteiger partial charge in [-0.2, -0.15) is 0 Å². The van der Waals surface area contributed by atoms with E-state index in [1.165, 1.54) is 36.4 Å². The molecule has 1 aromatic heterocycles. The van der Waals surface area contributed by atoms with E-state index >= 15 is 0 Å². The van der Waals surface area contributed by atoms with Crippen LogP contribution in [0.2, 0.25) is 0 Å². The minimum Gasteiger partial charge on any atom is -0.404 e. The first-order chi connectivity index (χ1) is 39.3. The number of non-ortho nitro benzene ring substituents is 1. The minimum atomic E-state index is -4.96. The number of nitro benzene ring substituents is 1. The number of nitro groups is 1. The normalized spacial score (nSPS) is 18.5. The van der Waals surface area contributed by atoms with Crippen LogP contribution in [-0.4, -0.2) is 143 Å². The van der Waals surface area contributed by atoms with E-state index in [1.54, 1.807) is 66.7 Å². The van der Waals surface area contributed by atoms with E-state index in [0.717, 1.165) is 10.8 Å². The van der Waals surface area contributed by atoms with Crippen molar-refractivity contribution in [3.63, 3.8) is 0 Å². The van der Waals surface area contributed by atoms with Crippen LogP contribution in [0.3, 0.4) is 0 Å². The number of nitrogens with zero attached hydrogens (tertiary/aromatic N) is 3. The fraction of sp³-hybridized carbons (Fsp3) is 0.291. The highest BCUT2D eigenvalue weighted by Gasteiger charge is 2.45. The fourth-order valence-corrected chi connectivity index (χ4v) is 9.65. The zero-order chi connectivity index (χ0) is 58.5. The largest absolute Gasteiger partial charge is 0.524 e. The molecule has 8 rings (SSSR count). The molecule has 0 aliphatic carbocycles. The number of phosphoric acid groups is 1. The number of aliphatic hydroxyl groups excluding tert-OH is 4. The zero-order valence-electron chi connectivity index (χ0n) is 43.4. The summed E-state index contributed by atoms with van der Waals surface area (Å²) < 4.78 is 26.1. The monoisotopic (exact) mass is 1150 g/mol. The molecule has 2 heterocycles. The second-order valence-electron chi connectivity index (χ2n) is 19.3. The molecular formula is C55H58N9O17P. The third-order valence-corrected chi connectivity index (χ3v) is 13.9. The third kappa shape index (κ3) is 15.8. The highest BCUT2D eigenvalue weighted by molar-refractivity contribution is 7.46. The van der Waals surface area contributed by atoms with Crippen LogP contribution in [0, 0.1) is 10.1 Å². The molecule has 9 atom stereocenters. The van der Waals surface area contributed by atoms with Crippen LogP contribution in [0.5, 0.6) is 5.75 Å². The second-order valence-corrected chi connectivity index (χ2v) is 20.5. The Morgan fingerprint density at radius 3 is 1.71 bits per heavy atom. The van der Waals surface area contributed by atoms with Gasteiger partial charge in [0, 0.05) is 44.7 Å². The maximum absolute atomic E-state index is 14.9. The lowest BCUT2D eigenvalue weighted by molar-refractivity contribution is -0.383. The van der Waals surface area contributed by atoms with E-state index < -0.39 is 104 Å². The number of aliphatic hydroxyl groups is 4. The summed E-state index contributed by atoms with van der Waals surface area (Å²) in [4.78, 5) is 102. The van der Waals surface area contributed by atoms with Gasteiger partial charge in [0.1, 0.15) is 54.3 Å². The van der Waals surface area contributed by atoms with Crippen molar-refractivity contribution >= 4 is 70.5 Å². The summed E-state index contributed by atoms with van der Waals surface area (Å²) in [6.07, 6.45) is -7.91. The van der Waals surface area contributed by atoms with Crippen LogP contribution in [0.25, 0.3) is 21.8 Å². The average Bonchev–Trinajstić information content (AvgIpc) is 4.14. The first kappa shape index (κ1) is 59.4. The van der Waals surface area contributed by atoms with E-state index in [0.29, 0.717) is 27.9 Å². The Hall–Kier alpha value is -8.72. The van der Waals surface area contributed by atoms with Crippen molar-refractivity contribution in [2.45, 2.75) is 86.9 Å². The molecule has 1 aliphatic rings. The van der Waals surface area contributed by atoms with Crippen LogP contribution in [0.4, 0.5) is 11.4 Å². The summed E-state index contributed by atoms with van der Waals surface area (Å²) in [7, 11) is -4.96. The fourth-order valence-electron chi connectivity index (χ4n) is 9.25. The summed E-state index contributed by atoms with van der Waals surface area (Å²) >= 11 is 0. The van der Waals surface area contributed by atoms with Gasteiger partial charge >= 0.3 is 13.5 Å². The predicted molar refractivity (Wildman–Crippen MR) is 292 cm³/mol. The van der Waals surface area contributed by atoms with Crippen LogP contribution in [0.15, 0.2) is 144 Å². The smallest absolute Gasteiger partial charge is 0.404 e. The Balaban J connectivity index is 1.05. The van der Waals surface area contributed by atoms with Crippen LogP contribution >= 0.6 is 7.82 Å². The van der Waals surface area contributed by atoms with Crippen molar-refractivity contribution < 1.29 is 77.6 Å². The van der Waals surface area contributed by atoms with E-state index in [1.807, 2.05) is 36.4 Å². The topological polar surface area (TPSA) is 397 Å². The van der Waals surface area contributed by atoms with Gasteiger partial charge in [0.15, 0.2) is 11.8 Å². The van der Waals surface area contributed by atoms with E-state index in [2.05, 4.69) is 46.7 Å². The van der Waals surface area contributed by atoms with Gasteiger partial charge in [0.25, 0.3) is 0 Å². The molecule has 12 N–H and O–H groups in total. The molecule has 430 valence electrons. The molecule has 1 saturated heterocycles. The lowest BCUT2D eigenvalue weighted by atomic mass is 9.96. The highest BCUT2D eigenvalue weighted by Crippen LogP contribution is 2.37. The van der Waals surface area contributed by atoms with Gasteiger partial charge in [0.2, 0.25) is 35.1 Å². The van der Waals surface area contributed by atoms with Crippen molar-refractivity contribution in [2.75, 3.05) is 18.5 Å². The van der Waals surface area contributed by atoms with E-state index in [-0.39, 0.29) is 61.1 Å². The van der Waals surface area contributed by atoms with Gasteiger partial charge < -0.3 is 61.6 Å². The number of fused-ring (bicyclic) bond motifs is 2. The lowest BCUT2D eigenvalue weighted by Gasteiger charge is -2.40. The molecule has 6 aromatic carbocycles. The van der Waals surface area contributed by atoms with Crippen LogP contribution in [0.1, 0.15) is 28.7 Å². The number of ether oxygens (including phenoxy) is 1. The molecule has 6 unspecified atom stereocenters. The molecule has 5 amide bonds. The summed E-state index contributed by atoms with van der Waals surface area (Å²) in [5, 5.41) is 79.0. The molecule has 0 spiro atoms. The quantitative estimate of drug-likeness (QED) is 0.0218. The van der Waals surface area contributed by atoms with E-state index in [4.69, 9.17) is 9.37 Å². The summed E-state index contributed by atoms with van der Waals surface area (Å²) in [6.45, 7) is -0.820. The number of nitrogens with one attached hydrogen (secondary N) is 6. The van der Waals surface area contributed by atoms with Gasteiger partial charge in [-0.1, -0.05) is 115 Å². The molecule has 0 bridgehead atoms. The van der Waals surface area contributed by atoms with Gasteiger partial charge in [-0.3, -0.25) is 43.9 Å². The van der Waals surface area contributed by atoms with Crippen molar-refractivity contribution in [1.82, 2.24) is 36.9 Å². The number of hydrogen-bond acceptors (Lipinski definition) is 18. The molecule has 0 saturated carbocycles. The number of phosphoric ester groups is 1. The Kier molecular flexibility index (Phi) is 19.7. The number of carbonyl (C=O) groups excluding carboxylic acids is 5.